The summed E-state index contributed by atoms with van der Waals surface area (Å²) in [4.78, 5) is 34.3. The minimum atomic E-state index is -0.846. The molecule has 0 atom stereocenters. The third-order valence-corrected chi connectivity index (χ3v) is 4.18. The van der Waals surface area contributed by atoms with Crippen molar-refractivity contribution < 1.29 is 24.2 Å². The highest BCUT2D eigenvalue weighted by Gasteiger charge is 2.16. The molecule has 1 aliphatic rings. The summed E-state index contributed by atoms with van der Waals surface area (Å²) in [7, 11) is 0. The van der Waals surface area contributed by atoms with Gasteiger partial charge in [-0.3, -0.25) is 14.4 Å². The summed E-state index contributed by atoms with van der Waals surface area (Å²) in [5, 5.41) is 14.2. The first-order valence-electron chi connectivity index (χ1n) is 8.70. The molecule has 0 aromatic heterocycles. The van der Waals surface area contributed by atoms with Gasteiger partial charge in [0.15, 0.2) is 0 Å². The molecule has 7 nitrogen and oxygen atoms in total. The number of hydrogen-bond acceptors (Lipinski definition) is 4. The lowest BCUT2D eigenvalue weighted by Gasteiger charge is -2.17. The van der Waals surface area contributed by atoms with Crippen LogP contribution >= 0.6 is 0 Å². The first-order valence-corrected chi connectivity index (χ1v) is 8.70. The molecule has 0 unspecified atom stereocenters. The molecule has 0 fully saturated rings. The number of carbonyl (C=O) groups is 3. The summed E-state index contributed by atoms with van der Waals surface area (Å²) in [6.45, 7) is 0.323. The third kappa shape index (κ3) is 5.07. The summed E-state index contributed by atoms with van der Waals surface area (Å²) >= 11 is 0. The van der Waals surface area contributed by atoms with Crippen LogP contribution in [0.2, 0.25) is 0 Å². The van der Waals surface area contributed by atoms with Crippen molar-refractivity contribution in [2.24, 2.45) is 0 Å². The molecule has 2 amide bonds. The molecule has 0 spiro atoms. The number of carboxylic acid groups (broad SMARTS) is 1. The average molecular weight is 368 g/mol. The van der Waals surface area contributed by atoms with E-state index in [-0.39, 0.29) is 18.2 Å². The molecule has 3 N–H and O–H groups in total. The zero-order chi connectivity index (χ0) is 19.2. The van der Waals surface area contributed by atoms with Crippen molar-refractivity contribution in [2.45, 2.75) is 25.7 Å². The van der Waals surface area contributed by atoms with Crippen LogP contribution in [0, 0.1) is 0 Å². The van der Waals surface area contributed by atoms with Crippen LogP contribution in [-0.2, 0) is 16.0 Å². The van der Waals surface area contributed by atoms with Crippen molar-refractivity contribution in [2.75, 3.05) is 17.2 Å². The van der Waals surface area contributed by atoms with Gasteiger partial charge in [-0.25, -0.2) is 0 Å². The minimum absolute atomic E-state index is 0.00929. The molecule has 0 saturated carbocycles. The van der Waals surface area contributed by atoms with E-state index in [1.807, 2.05) is 0 Å². The van der Waals surface area contributed by atoms with Crippen LogP contribution in [0.25, 0.3) is 0 Å². The van der Waals surface area contributed by atoms with E-state index in [0.29, 0.717) is 42.9 Å². The maximum Gasteiger partial charge on any atom is 0.303 e. The number of hydrogen-bond donors (Lipinski definition) is 3. The first kappa shape index (κ1) is 18.4. The van der Waals surface area contributed by atoms with Crippen molar-refractivity contribution in [1.29, 1.82) is 0 Å². The van der Waals surface area contributed by atoms with E-state index in [9.17, 15) is 14.4 Å². The number of aliphatic carboxylic acids is 1. The Bertz CT molecular complexity index is 861. The Balaban J connectivity index is 1.56. The molecule has 2 aromatic rings. The number of carboxylic acids is 1. The van der Waals surface area contributed by atoms with Crippen LogP contribution in [0.1, 0.15) is 35.2 Å². The number of ether oxygens (including phenoxy) is 1. The summed E-state index contributed by atoms with van der Waals surface area (Å²) in [5.41, 5.74) is 2.86. The molecule has 0 bridgehead atoms. The summed E-state index contributed by atoms with van der Waals surface area (Å²) in [6, 6.07) is 12.1. The van der Waals surface area contributed by atoms with Gasteiger partial charge in [-0.15, -0.1) is 0 Å². The molecule has 1 heterocycles. The van der Waals surface area contributed by atoms with Gasteiger partial charge in [0, 0.05) is 29.8 Å². The van der Waals surface area contributed by atoms with Gasteiger partial charge in [0.05, 0.1) is 6.61 Å². The minimum Gasteiger partial charge on any atom is -0.494 e. The van der Waals surface area contributed by atoms with E-state index in [2.05, 4.69) is 10.6 Å². The van der Waals surface area contributed by atoms with E-state index < -0.39 is 5.97 Å². The number of aryl methyl sites for hydroxylation is 1. The molecule has 1 aliphatic heterocycles. The van der Waals surface area contributed by atoms with Gasteiger partial charge in [0.2, 0.25) is 5.91 Å². The van der Waals surface area contributed by atoms with Crippen molar-refractivity contribution in [3.05, 3.63) is 53.6 Å². The van der Waals surface area contributed by atoms with Crippen LogP contribution in [0.3, 0.4) is 0 Å². The molecule has 3 rings (SSSR count). The summed E-state index contributed by atoms with van der Waals surface area (Å²) in [5.74, 6) is -0.473. The molecular weight excluding hydrogens is 348 g/mol. The van der Waals surface area contributed by atoms with Crippen LogP contribution in [-0.4, -0.2) is 29.5 Å². The average Bonchev–Trinajstić information content (AvgIpc) is 2.66. The molecule has 7 heteroatoms. The van der Waals surface area contributed by atoms with Gasteiger partial charge in [0.1, 0.15) is 5.75 Å². The standard InChI is InChI=1S/C20H20N2O5/c23-18-10-4-13-12-14(3-9-17(13)22-18)20(26)21-15-5-7-16(8-6-15)27-11-1-2-19(24)25/h3,5-9,12H,1-2,4,10-11H2,(H,21,26)(H,22,23)(H,24,25). The molecule has 2 aromatic carbocycles. The lowest BCUT2D eigenvalue weighted by Crippen LogP contribution is -2.20. The normalized spacial score (nSPS) is 12.7. The van der Waals surface area contributed by atoms with E-state index in [4.69, 9.17) is 9.84 Å². The van der Waals surface area contributed by atoms with Gasteiger partial charge >= 0.3 is 5.97 Å². The predicted molar refractivity (Wildman–Crippen MR) is 100 cm³/mol. The Morgan fingerprint density at radius 1 is 1.11 bits per heavy atom. The number of nitrogens with one attached hydrogen (secondary N) is 2. The smallest absolute Gasteiger partial charge is 0.303 e. The largest absolute Gasteiger partial charge is 0.494 e. The Kier molecular flexibility index (Phi) is 5.71. The SMILES string of the molecule is O=C(O)CCCOc1ccc(NC(=O)c2ccc3c(c2)CCC(=O)N3)cc1. The molecule has 27 heavy (non-hydrogen) atoms. The van der Waals surface area contributed by atoms with Crippen LogP contribution in [0.15, 0.2) is 42.5 Å². The van der Waals surface area contributed by atoms with Gasteiger partial charge in [-0.2, -0.15) is 0 Å². The topological polar surface area (TPSA) is 105 Å². The highest BCUT2D eigenvalue weighted by atomic mass is 16.5. The molecule has 0 aliphatic carbocycles. The quantitative estimate of drug-likeness (QED) is 0.652. The number of fused-ring (bicyclic) bond motifs is 1. The Labute approximate surface area is 156 Å². The van der Waals surface area contributed by atoms with Gasteiger partial charge in [0.25, 0.3) is 5.91 Å². The van der Waals surface area contributed by atoms with Crippen molar-refractivity contribution in [1.82, 2.24) is 0 Å². The van der Waals surface area contributed by atoms with Gasteiger partial charge < -0.3 is 20.5 Å². The number of carbonyl (C=O) groups excluding carboxylic acids is 2. The van der Waals surface area contributed by atoms with E-state index in [1.165, 1.54) is 0 Å². The molecule has 140 valence electrons. The van der Waals surface area contributed by atoms with Crippen LogP contribution in [0.4, 0.5) is 11.4 Å². The summed E-state index contributed by atoms with van der Waals surface area (Å²) < 4.78 is 5.46. The Morgan fingerprint density at radius 3 is 2.63 bits per heavy atom. The van der Waals surface area contributed by atoms with Crippen LogP contribution < -0.4 is 15.4 Å². The maximum atomic E-state index is 12.4. The fourth-order valence-electron chi connectivity index (χ4n) is 2.78. The Morgan fingerprint density at radius 2 is 1.89 bits per heavy atom. The number of benzene rings is 2. The van der Waals surface area contributed by atoms with Crippen LogP contribution in [0.5, 0.6) is 5.75 Å². The van der Waals surface area contributed by atoms with Crippen molar-refractivity contribution in [3.8, 4) is 5.75 Å². The number of amides is 2. The van der Waals surface area contributed by atoms with E-state index in [0.717, 1.165) is 11.3 Å². The number of rotatable bonds is 7. The highest BCUT2D eigenvalue weighted by Crippen LogP contribution is 2.24. The monoisotopic (exact) mass is 368 g/mol. The summed E-state index contributed by atoms with van der Waals surface area (Å²) in [6.07, 6.45) is 1.55. The zero-order valence-corrected chi connectivity index (χ0v) is 14.7. The van der Waals surface area contributed by atoms with Crippen molar-refractivity contribution in [3.63, 3.8) is 0 Å². The molecule has 0 radical (unpaired) electrons. The van der Waals surface area contributed by atoms with E-state index >= 15 is 0 Å². The maximum absolute atomic E-state index is 12.4. The number of anilines is 2. The lowest BCUT2D eigenvalue weighted by molar-refractivity contribution is -0.137. The second kappa shape index (κ2) is 8.35. The Hall–Kier alpha value is -3.35. The fourth-order valence-corrected chi connectivity index (χ4v) is 2.78. The molecule has 0 saturated heterocycles. The highest BCUT2D eigenvalue weighted by molar-refractivity contribution is 6.05. The third-order valence-electron chi connectivity index (χ3n) is 4.18. The fraction of sp³-hybridized carbons (Fsp3) is 0.250. The zero-order valence-electron chi connectivity index (χ0n) is 14.7. The second-order valence-electron chi connectivity index (χ2n) is 6.24. The van der Waals surface area contributed by atoms with Gasteiger partial charge in [-0.1, -0.05) is 0 Å². The first-order chi connectivity index (χ1) is 13.0. The predicted octanol–water partition coefficient (Wildman–Crippen LogP) is 3.07. The molecular formula is C20H20N2O5. The van der Waals surface area contributed by atoms with Gasteiger partial charge in [-0.05, 0) is 60.9 Å². The van der Waals surface area contributed by atoms with E-state index in [1.54, 1.807) is 42.5 Å². The lowest BCUT2D eigenvalue weighted by atomic mass is 10.00. The second-order valence-corrected chi connectivity index (χ2v) is 6.24. The van der Waals surface area contributed by atoms with Crippen molar-refractivity contribution >= 4 is 29.2 Å².